The molecule has 0 aliphatic rings. The van der Waals surface area contributed by atoms with Crippen molar-refractivity contribution >= 4 is 29.2 Å². The van der Waals surface area contributed by atoms with E-state index in [9.17, 15) is 14.7 Å². The number of Topliss-reactive ketones (excluding diaryl/α,β-unsaturated/α-hetero) is 1. The van der Waals surface area contributed by atoms with Crippen molar-refractivity contribution < 1.29 is 14.7 Å². The molecule has 4 aromatic rings. The summed E-state index contributed by atoms with van der Waals surface area (Å²) in [5, 5.41) is 13.7. The van der Waals surface area contributed by atoms with E-state index in [0.29, 0.717) is 16.9 Å². The molecule has 4 rings (SSSR count). The maximum atomic E-state index is 14.0. The molecule has 2 unspecified atom stereocenters. The first-order valence-corrected chi connectivity index (χ1v) is 14.3. The van der Waals surface area contributed by atoms with Crippen molar-refractivity contribution in [1.82, 2.24) is 0 Å². The number of aryl methyl sites for hydroxylation is 1. The second-order valence-corrected chi connectivity index (χ2v) is 10.7. The molecule has 0 bridgehead atoms. The molecule has 4 aromatic carbocycles. The van der Waals surface area contributed by atoms with Crippen LogP contribution in [0.2, 0.25) is 0 Å². The molecule has 0 aliphatic carbocycles. The van der Waals surface area contributed by atoms with Crippen LogP contribution in [-0.4, -0.2) is 41.0 Å². The second kappa shape index (κ2) is 12.8. The summed E-state index contributed by atoms with van der Waals surface area (Å²) in [6.45, 7) is 2.20. The Kier molecular flexibility index (Phi) is 9.23. The molecule has 0 spiro atoms. The van der Waals surface area contributed by atoms with Gasteiger partial charge in [0.1, 0.15) is 0 Å². The highest BCUT2D eigenvalue weighted by Crippen LogP contribution is 2.32. The van der Waals surface area contributed by atoms with E-state index in [2.05, 4.69) is 29.6 Å². The van der Waals surface area contributed by atoms with Gasteiger partial charge in [0.2, 0.25) is 0 Å². The number of rotatable bonds is 12. The van der Waals surface area contributed by atoms with Gasteiger partial charge in [-0.1, -0.05) is 91.0 Å². The highest BCUT2D eigenvalue weighted by molar-refractivity contribution is 7.98. The van der Waals surface area contributed by atoms with Gasteiger partial charge >= 0.3 is 5.97 Å². The van der Waals surface area contributed by atoms with E-state index in [-0.39, 0.29) is 6.54 Å². The van der Waals surface area contributed by atoms with Crippen LogP contribution < -0.4 is 11.1 Å². The molecular weight excluding hydrogens is 504 g/mol. The molecule has 0 heterocycles. The fraction of sp³-hybridized carbons (Fsp3) is 0.212. The van der Waals surface area contributed by atoms with E-state index in [0.717, 1.165) is 23.2 Å². The van der Waals surface area contributed by atoms with Gasteiger partial charge in [0, 0.05) is 29.5 Å². The summed E-state index contributed by atoms with van der Waals surface area (Å²) in [6.07, 6.45) is 2.72. The fourth-order valence-corrected chi connectivity index (χ4v) is 5.62. The van der Waals surface area contributed by atoms with E-state index < -0.39 is 23.2 Å². The number of hydrogen-bond donors (Lipinski definition) is 3. The van der Waals surface area contributed by atoms with Crippen LogP contribution in [0.3, 0.4) is 0 Å². The molecule has 0 amide bonds. The fourth-order valence-electron chi connectivity index (χ4n) is 4.84. The summed E-state index contributed by atoms with van der Waals surface area (Å²) in [5.41, 5.74) is 10.6. The van der Waals surface area contributed by atoms with Crippen LogP contribution in [0.25, 0.3) is 11.1 Å². The number of hydrogen-bond acceptors (Lipinski definition) is 5. The van der Waals surface area contributed by atoms with Crippen LogP contribution in [0, 0.1) is 12.8 Å². The van der Waals surface area contributed by atoms with Crippen LogP contribution in [-0.2, 0) is 11.2 Å². The van der Waals surface area contributed by atoms with Gasteiger partial charge in [-0.25, -0.2) is 4.79 Å². The highest BCUT2D eigenvalue weighted by Gasteiger charge is 2.49. The Labute approximate surface area is 234 Å². The first kappa shape index (κ1) is 28.1. The van der Waals surface area contributed by atoms with Crippen LogP contribution in [0.15, 0.2) is 103 Å². The van der Waals surface area contributed by atoms with Crippen molar-refractivity contribution in [1.29, 1.82) is 0 Å². The number of carboxylic acids is 1. The lowest BCUT2D eigenvalue weighted by atomic mass is 9.77. The summed E-state index contributed by atoms with van der Waals surface area (Å²) in [6, 6.07) is 33.1. The minimum atomic E-state index is -2.11. The maximum Gasteiger partial charge on any atom is 0.332 e. The van der Waals surface area contributed by atoms with Gasteiger partial charge in [0.15, 0.2) is 11.3 Å². The highest BCUT2D eigenvalue weighted by atomic mass is 32.2. The SMILES string of the molecule is CSCC(CNc1ccc(Cc2ccccc2)cc1)C(N)(C(=O)O)C(=O)c1ccccc1-c1ccccc1C. The van der Waals surface area contributed by atoms with Crippen molar-refractivity contribution in [2.24, 2.45) is 11.7 Å². The number of carbonyl (C=O) groups excluding carboxylic acids is 1. The minimum Gasteiger partial charge on any atom is -0.480 e. The van der Waals surface area contributed by atoms with Crippen molar-refractivity contribution in [2.45, 2.75) is 18.9 Å². The molecule has 0 radical (unpaired) electrons. The molecular formula is C33H34N2O3S. The minimum absolute atomic E-state index is 0.236. The predicted octanol–water partition coefficient (Wildman–Crippen LogP) is 6.31. The zero-order valence-electron chi connectivity index (χ0n) is 22.3. The van der Waals surface area contributed by atoms with E-state index in [1.807, 2.05) is 79.9 Å². The first-order valence-electron chi connectivity index (χ1n) is 12.9. The van der Waals surface area contributed by atoms with Gasteiger partial charge in [-0.3, -0.25) is 4.79 Å². The van der Waals surface area contributed by atoms with Crippen molar-refractivity contribution in [3.05, 3.63) is 125 Å². The Morgan fingerprint density at radius 3 is 2.08 bits per heavy atom. The summed E-state index contributed by atoms with van der Waals surface area (Å²) >= 11 is 1.47. The number of nitrogens with two attached hydrogens (primary N) is 1. The largest absolute Gasteiger partial charge is 0.480 e. The lowest BCUT2D eigenvalue weighted by Gasteiger charge is -2.33. The van der Waals surface area contributed by atoms with Crippen molar-refractivity contribution in [2.75, 3.05) is 23.9 Å². The normalized spacial score (nSPS) is 13.3. The van der Waals surface area contributed by atoms with Crippen LogP contribution >= 0.6 is 11.8 Å². The number of carbonyl (C=O) groups is 2. The molecule has 4 N–H and O–H groups in total. The zero-order valence-corrected chi connectivity index (χ0v) is 23.1. The molecule has 39 heavy (non-hydrogen) atoms. The number of thioether (sulfide) groups is 1. The third kappa shape index (κ3) is 6.41. The summed E-state index contributed by atoms with van der Waals surface area (Å²) < 4.78 is 0. The van der Waals surface area contributed by atoms with Crippen LogP contribution in [0.5, 0.6) is 0 Å². The Bertz CT molecular complexity index is 1420. The number of nitrogens with one attached hydrogen (secondary N) is 1. The Balaban J connectivity index is 1.58. The molecule has 2 atom stereocenters. The quantitative estimate of drug-likeness (QED) is 0.145. The molecule has 200 valence electrons. The second-order valence-electron chi connectivity index (χ2n) is 9.76. The summed E-state index contributed by atoms with van der Waals surface area (Å²) in [7, 11) is 0. The number of aliphatic carboxylic acids is 1. The first-order chi connectivity index (χ1) is 18.8. The average molecular weight is 539 g/mol. The van der Waals surface area contributed by atoms with Gasteiger partial charge in [-0.2, -0.15) is 11.8 Å². The Morgan fingerprint density at radius 1 is 0.846 bits per heavy atom. The average Bonchev–Trinajstić information content (AvgIpc) is 2.96. The van der Waals surface area contributed by atoms with Gasteiger partial charge in [-0.05, 0) is 59.6 Å². The molecule has 5 nitrogen and oxygen atoms in total. The molecule has 0 saturated heterocycles. The zero-order chi connectivity index (χ0) is 27.8. The predicted molar refractivity (Wildman–Crippen MR) is 162 cm³/mol. The standard InChI is InChI=1S/C33H34N2O3S/c1-23-10-6-7-13-28(23)29-14-8-9-15-30(29)31(36)33(34,32(37)38)26(22-39-2)21-35-27-18-16-25(17-19-27)20-24-11-4-3-5-12-24/h3-19,26,35H,20-22,34H2,1-2H3,(H,37,38). The number of ketones is 1. The topological polar surface area (TPSA) is 92.4 Å². The lowest BCUT2D eigenvalue weighted by Crippen LogP contribution is -2.62. The number of anilines is 1. The van der Waals surface area contributed by atoms with Gasteiger partial charge in [-0.15, -0.1) is 0 Å². The van der Waals surface area contributed by atoms with E-state index >= 15 is 0 Å². The molecule has 0 fully saturated rings. The smallest absolute Gasteiger partial charge is 0.332 e. The molecule has 0 aromatic heterocycles. The summed E-state index contributed by atoms with van der Waals surface area (Å²) in [5.74, 6) is -2.18. The Hall–Kier alpha value is -3.87. The summed E-state index contributed by atoms with van der Waals surface area (Å²) in [4.78, 5) is 26.7. The maximum absolute atomic E-state index is 14.0. The third-order valence-corrected chi connectivity index (χ3v) is 7.84. The third-order valence-electron chi connectivity index (χ3n) is 7.11. The lowest BCUT2D eigenvalue weighted by molar-refractivity contribution is -0.142. The van der Waals surface area contributed by atoms with Crippen molar-refractivity contribution in [3.63, 3.8) is 0 Å². The molecule has 0 saturated carbocycles. The van der Waals surface area contributed by atoms with Crippen LogP contribution in [0.4, 0.5) is 5.69 Å². The Morgan fingerprint density at radius 2 is 1.44 bits per heavy atom. The van der Waals surface area contributed by atoms with Crippen LogP contribution in [0.1, 0.15) is 27.0 Å². The van der Waals surface area contributed by atoms with Crippen molar-refractivity contribution in [3.8, 4) is 11.1 Å². The van der Waals surface area contributed by atoms with E-state index in [1.165, 1.54) is 22.9 Å². The van der Waals surface area contributed by atoms with Gasteiger partial charge in [0.05, 0.1) is 0 Å². The molecule has 6 heteroatoms. The van der Waals surface area contributed by atoms with E-state index in [4.69, 9.17) is 5.73 Å². The van der Waals surface area contributed by atoms with E-state index in [1.54, 1.807) is 12.1 Å². The van der Waals surface area contributed by atoms with Gasteiger partial charge < -0.3 is 16.2 Å². The number of carboxylic acid groups (broad SMARTS) is 1. The van der Waals surface area contributed by atoms with Gasteiger partial charge in [0.25, 0.3) is 0 Å². The monoisotopic (exact) mass is 538 g/mol. The molecule has 0 aliphatic heterocycles. The number of benzene rings is 4.